The second-order valence-electron chi connectivity index (χ2n) is 8.54. The number of halogens is 3. The highest BCUT2D eigenvalue weighted by Crippen LogP contribution is 2.45. The zero-order valence-corrected chi connectivity index (χ0v) is 21.0. The van der Waals surface area contributed by atoms with Crippen LogP contribution < -0.4 is 14.4 Å². The van der Waals surface area contributed by atoms with Crippen molar-refractivity contribution in [2.75, 3.05) is 25.7 Å². The molecule has 8 nitrogen and oxygen atoms in total. The van der Waals surface area contributed by atoms with E-state index in [4.69, 9.17) is 14.5 Å². The number of hydrogen-bond donors (Lipinski definition) is 1. The Kier molecular flexibility index (Phi) is 7.53. The van der Waals surface area contributed by atoms with Gasteiger partial charge in [0.2, 0.25) is 0 Å². The quantitative estimate of drug-likeness (QED) is 0.311. The van der Waals surface area contributed by atoms with Gasteiger partial charge in [0.1, 0.15) is 11.5 Å². The Morgan fingerprint density at radius 1 is 1.03 bits per heavy atom. The lowest BCUT2D eigenvalue weighted by Crippen LogP contribution is -2.23. The number of hydrogen-bond acceptors (Lipinski definition) is 7. The third-order valence-corrected chi connectivity index (χ3v) is 6.00. The number of benzene rings is 2. The largest absolute Gasteiger partial charge is 0.496 e. The number of aryl methyl sites for hydroxylation is 1. The number of aliphatic hydroxyl groups excluding tert-OH is 1. The van der Waals surface area contributed by atoms with E-state index in [9.17, 15) is 18.3 Å². The predicted molar refractivity (Wildman–Crippen MR) is 134 cm³/mol. The molecule has 2 aromatic heterocycles. The maximum atomic E-state index is 13.4. The first-order valence-electron chi connectivity index (χ1n) is 11.7. The van der Waals surface area contributed by atoms with Gasteiger partial charge >= 0.3 is 6.18 Å². The van der Waals surface area contributed by atoms with Gasteiger partial charge in [-0.15, -0.1) is 0 Å². The monoisotopic (exact) mass is 515 g/mol. The number of methoxy groups -OCH3 is 2. The molecule has 4 rings (SSSR count). The van der Waals surface area contributed by atoms with Crippen molar-refractivity contribution in [3.8, 4) is 22.8 Å². The Morgan fingerprint density at radius 2 is 1.73 bits per heavy atom. The summed E-state index contributed by atoms with van der Waals surface area (Å²) in [5.74, 6) is -0.250. The minimum atomic E-state index is -4.88. The number of unbranched alkanes of at least 4 members (excludes halogenated alkanes) is 1. The standard InChI is InChI=1S/C26H28F3N5O3/c1-5-6-9-34(18-11-22(36-3)24(23(12-18)37-4)25(35)26(27,28)29)17-7-8-19-20(10-17)32-21(14-30-19)16-13-31-33(2)15-16/h7-8,10-15,25,35H,5-6,9H2,1-4H3. The van der Waals surface area contributed by atoms with Crippen LogP contribution in [0.15, 0.2) is 48.9 Å². The molecule has 0 saturated heterocycles. The Morgan fingerprint density at radius 3 is 2.30 bits per heavy atom. The van der Waals surface area contributed by atoms with Crippen LogP contribution in [-0.2, 0) is 7.05 Å². The molecule has 1 N–H and O–H groups in total. The van der Waals surface area contributed by atoms with Gasteiger partial charge in [-0.05, 0) is 24.6 Å². The summed E-state index contributed by atoms with van der Waals surface area (Å²) in [5.41, 5.74) is 3.71. The molecule has 196 valence electrons. The molecule has 0 aliphatic heterocycles. The Hall–Kier alpha value is -3.86. The van der Waals surface area contributed by atoms with Gasteiger partial charge in [-0.25, -0.2) is 4.98 Å². The molecule has 1 unspecified atom stereocenters. The van der Waals surface area contributed by atoms with Crippen molar-refractivity contribution in [2.45, 2.75) is 32.0 Å². The average molecular weight is 516 g/mol. The third-order valence-electron chi connectivity index (χ3n) is 6.00. The molecular weight excluding hydrogens is 487 g/mol. The molecule has 0 radical (unpaired) electrons. The SMILES string of the molecule is CCCCN(c1cc(OC)c(C(O)C(F)(F)F)c(OC)c1)c1ccc2ncc(-c3cnn(C)c3)nc2c1. The van der Waals surface area contributed by atoms with E-state index in [1.165, 1.54) is 26.4 Å². The summed E-state index contributed by atoms with van der Waals surface area (Å²) in [6.07, 6.45) is -0.671. The Balaban J connectivity index is 1.82. The average Bonchev–Trinajstić information content (AvgIpc) is 3.33. The summed E-state index contributed by atoms with van der Waals surface area (Å²) in [7, 11) is 4.34. The number of nitrogens with zero attached hydrogens (tertiary/aromatic N) is 5. The smallest absolute Gasteiger partial charge is 0.418 e. The minimum Gasteiger partial charge on any atom is -0.496 e. The van der Waals surface area contributed by atoms with Crippen LogP contribution in [0.3, 0.4) is 0 Å². The normalized spacial score (nSPS) is 12.5. The molecule has 0 bridgehead atoms. The van der Waals surface area contributed by atoms with Crippen LogP contribution in [0.1, 0.15) is 31.4 Å². The summed E-state index contributed by atoms with van der Waals surface area (Å²) < 4.78 is 52.4. The van der Waals surface area contributed by atoms with Gasteiger partial charge in [0.25, 0.3) is 0 Å². The second-order valence-corrected chi connectivity index (χ2v) is 8.54. The molecule has 0 fully saturated rings. The number of ether oxygens (including phenoxy) is 2. The fraction of sp³-hybridized carbons (Fsp3) is 0.346. The Bertz CT molecular complexity index is 1360. The highest BCUT2D eigenvalue weighted by atomic mass is 19.4. The van der Waals surface area contributed by atoms with Gasteiger partial charge < -0.3 is 19.5 Å². The van der Waals surface area contributed by atoms with Gasteiger partial charge in [0.15, 0.2) is 6.10 Å². The molecule has 11 heteroatoms. The molecule has 37 heavy (non-hydrogen) atoms. The van der Waals surface area contributed by atoms with Crippen molar-refractivity contribution >= 4 is 22.4 Å². The fourth-order valence-corrected chi connectivity index (χ4v) is 4.10. The molecule has 0 aliphatic carbocycles. The molecule has 4 aromatic rings. The van der Waals surface area contributed by atoms with E-state index in [0.29, 0.717) is 29.0 Å². The van der Waals surface area contributed by atoms with E-state index in [1.807, 2.05) is 43.3 Å². The van der Waals surface area contributed by atoms with Gasteiger partial charge in [0, 0.05) is 48.9 Å². The summed E-state index contributed by atoms with van der Waals surface area (Å²) in [5, 5.41) is 14.2. The maximum Gasteiger partial charge on any atom is 0.418 e. The summed E-state index contributed by atoms with van der Waals surface area (Å²) in [6.45, 7) is 2.62. The first-order valence-corrected chi connectivity index (χ1v) is 11.7. The first-order chi connectivity index (χ1) is 17.7. The van der Waals surface area contributed by atoms with Crippen LogP contribution >= 0.6 is 0 Å². The predicted octanol–water partition coefficient (Wildman–Crippen LogP) is 5.58. The molecule has 2 aromatic carbocycles. The number of aliphatic hydroxyl groups is 1. The van der Waals surface area contributed by atoms with Crippen molar-refractivity contribution in [1.82, 2.24) is 19.7 Å². The van der Waals surface area contributed by atoms with Crippen molar-refractivity contribution in [3.63, 3.8) is 0 Å². The molecular formula is C26H28F3N5O3. The Labute approximate surface area is 212 Å². The highest BCUT2D eigenvalue weighted by Gasteiger charge is 2.43. The molecule has 2 heterocycles. The van der Waals surface area contributed by atoms with E-state index in [-0.39, 0.29) is 11.5 Å². The number of anilines is 2. The second kappa shape index (κ2) is 10.6. The number of fused-ring (bicyclic) bond motifs is 1. The first kappa shape index (κ1) is 26.2. The van der Waals surface area contributed by atoms with E-state index in [0.717, 1.165) is 24.1 Å². The van der Waals surface area contributed by atoms with Gasteiger partial charge in [0.05, 0.1) is 48.9 Å². The molecule has 0 aliphatic rings. The van der Waals surface area contributed by atoms with Crippen LogP contribution in [-0.4, -0.2) is 51.8 Å². The van der Waals surface area contributed by atoms with Crippen molar-refractivity contribution < 1.29 is 27.8 Å². The fourth-order valence-electron chi connectivity index (χ4n) is 4.10. The summed E-state index contributed by atoms with van der Waals surface area (Å²) >= 11 is 0. The maximum absolute atomic E-state index is 13.4. The lowest BCUT2D eigenvalue weighted by molar-refractivity contribution is -0.207. The van der Waals surface area contributed by atoms with Crippen LogP contribution in [0.5, 0.6) is 11.5 Å². The van der Waals surface area contributed by atoms with Crippen LogP contribution in [0, 0.1) is 0 Å². The summed E-state index contributed by atoms with van der Waals surface area (Å²) in [4.78, 5) is 11.2. The topological polar surface area (TPSA) is 85.5 Å². The van der Waals surface area contributed by atoms with Crippen LogP contribution in [0.25, 0.3) is 22.3 Å². The van der Waals surface area contributed by atoms with E-state index < -0.39 is 17.8 Å². The molecule has 0 amide bonds. The summed E-state index contributed by atoms with van der Waals surface area (Å²) in [6, 6.07) is 8.57. The molecule has 1 atom stereocenters. The lowest BCUT2D eigenvalue weighted by Gasteiger charge is -2.28. The van der Waals surface area contributed by atoms with Crippen LogP contribution in [0.2, 0.25) is 0 Å². The van der Waals surface area contributed by atoms with Gasteiger partial charge in [-0.2, -0.15) is 18.3 Å². The zero-order valence-electron chi connectivity index (χ0n) is 21.0. The van der Waals surface area contributed by atoms with Crippen LogP contribution in [0.4, 0.5) is 24.5 Å². The number of alkyl halides is 3. The lowest BCUT2D eigenvalue weighted by atomic mass is 10.0. The third kappa shape index (κ3) is 5.46. The number of rotatable bonds is 9. The van der Waals surface area contributed by atoms with E-state index in [2.05, 4.69) is 10.1 Å². The van der Waals surface area contributed by atoms with E-state index in [1.54, 1.807) is 17.1 Å². The van der Waals surface area contributed by atoms with Crippen molar-refractivity contribution in [3.05, 3.63) is 54.5 Å². The highest BCUT2D eigenvalue weighted by molar-refractivity contribution is 5.83. The molecule has 0 saturated carbocycles. The molecule has 0 spiro atoms. The zero-order chi connectivity index (χ0) is 26.7. The van der Waals surface area contributed by atoms with Gasteiger partial charge in [-0.1, -0.05) is 13.3 Å². The minimum absolute atomic E-state index is 0.125. The van der Waals surface area contributed by atoms with Crippen molar-refractivity contribution in [2.24, 2.45) is 7.05 Å². The van der Waals surface area contributed by atoms with Crippen molar-refractivity contribution in [1.29, 1.82) is 0 Å². The van der Waals surface area contributed by atoms with E-state index >= 15 is 0 Å². The van der Waals surface area contributed by atoms with Gasteiger partial charge in [-0.3, -0.25) is 9.67 Å². The number of aromatic nitrogens is 4.